The highest BCUT2D eigenvalue weighted by Gasteiger charge is 2.22. The van der Waals surface area contributed by atoms with E-state index < -0.39 is 0 Å². The number of nitrogens with one attached hydrogen (secondary N) is 1. The fourth-order valence-corrected chi connectivity index (χ4v) is 1.69. The number of hydrogen-bond donors (Lipinski definition) is 1. The van der Waals surface area contributed by atoms with Gasteiger partial charge >= 0.3 is 0 Å². The van der Waals surface area contributed by atoms with Gasteiger partial charge in [0, 0.05) is 11.6 Å². The van der Waals surface area contributed by atoms with Crippen LogP contribution < -0.4 is 14.8 Å². The molecule has 76 valence electrons. The third-order valence-electron chi connectivity index (χ3n) is 2.43. The van der Waals surface area contributed by atoms with Gasteiger partial charge < -0.3 is 14.8 Å². The molecular weight excluding hydrogens is 178 g/mol. The van der Waals surface area contributed by atoms with Crippen molar-refractivity contribution in [3.05, 3.63) is 23.8 Å². The second-order valence-corrected chi connectivity index (χ2v) is 3.28. The standard InChI is InChI=1S/C11H15NO2/c1-3-13-8-4-5-9-10(12-2)7-14-11(9)6-8/h4-6,10,12H,3,7H2,1-2H3. The number of likely N-dealkylation sites (N-methyl/N-ethyl adjacent to an activating group) is 1. The molecular formula is C11H15NO2. The lowest BCUT2D eigenvalue weighted by molar-refractivity contribution is 0.313. The van der Waals surface area contributed by atoms with Gasteiger partial charge in [-0.1, -0.05) is 0 Å². The first kappa shape index (κ1) is 9.34. The van der Waals surface area contributed by atoms with Crippen LogP contribution in [-0.2, 0) is 0 Å². The van der Waals surface area contributed by atoms with Crippen LogP contribution in [0.15, 0.2) is 18.2 Å². The molecule has 0 bridgehead atoms. The highest BCUT2D eigenvalue weighted by Crippen LogP contribution is 2.34. The molecule has 3 nitrogen and oxygen atoms in total. The maximum Gasteiger partial charge on any atom is 0.127 e. The normalized spacial score (nSPS) is 18.9. The van der Waals surface area contributed by atoms with Crippen molar-refractivity contribution in [2.24, 2.45) is 0 Å². The zero-order valence-electron chi connectivity index (χ0n) is 8.54. The first-order chi connectivity index (χ1) is 6.85. The van der Waals surface area contributed by atoms with E-state index in [4.69, 9.17) is 9.47 Å². The molecule has 14 heavy (non-hydrogen) atoms. The zero-order valence-corrected chi connectivity index (χ0v) is 8.54. The van der Waals surface area contributed by atoms with Crippen molar-refractivity contribution in [3.63, 3.8) is 0 Å². The molecule has 0 spiro atoms. The molecule has 1 aromatic rings. The zero-order chi connectivity index (χ0) is 9.97. The number of benzene rings is 1. The fraction of sp³-hybridized carbons (Fsp3) is 0.455. The molecule has 1 aliphatic heterocycles. The lowest BCUT2D eigenvalue weighted by Crippen LogP contribution is -2.17. The summed E-state index contributed by atoms with van der Waals surface area (Å²) in [5, 5.41) is 3.21. The average molecular weight is 193 g/mol. The van der Waals surface area contributed by atoms with E-state index >= 15 is 0 Å². The number of ether oxygens (including phenoxy) is 2. The molecule has 1 N–H and O–H groups in total. The summed E-state index contributed by atoms with van der Waals surface area (Å²) in [6, 6.07) is 6.33. The van der Waals surface area contributed by atoms with E-state index in [0.717, 1.165) is 11.5 Å². The minimum Gasteiger partial charge on any atom is -0.494 e. The summed E-state index contributed by atoms with van der Waals surface area (Å²) in [5.41, 5.74) is 1.22. The van der Waals surface area contributed by atoms with Gasteiger partial charge in [0.2, 0.25) is 0 Å². The molecule has 0 saturated carbocycles. The Morgan fingerprint density at radius 2 is 2.43 bits per heavy atom. The minimum atomic E-state index is 0.320. The Labute approximate surface area is 84.0 Å². The van der Waals surface area contributed by atoms with Crippen LogP contribution in [0.3, 0.4) is 0 Å². The SMILES string of the molecule is CCOc1ccc2c(c1)OCC2NC. The molecule has 1 atom stereocenters. The Bertz CT molecular complexity index is 325. The monoisotopic (exact) mass is 193 g/mol. The van der Waals surface area contributed by atoms with E-state index in [0.29, 0.717) is 19.3 Å². The second-order valence-electron chi connectivity index (χ2n) is 3.28. The van der Waals surface area contributed by atoms with Crippen molar-refractivity contribution in [2.75, 3.05) is 20.3 Å². The van der Waals surface area contributed by atoms with E-state index in [1.807, 2.05) is 26.1 Å². The van der Waals surface area contributed by atoms with Crippen LogP contribution in [0.25, 0.3) is 0 Å². The second kappa shape index (κ2) is 3.88. The Kier molecular flexibility index (Phi) is 2.59. The van der Waals surface area contributed by atoms with Gasteiger partial charge in [-0.25, -0.2) is 0 Å². The predicted octanol–water partition coefficient (Wildman–Crippen LogP) is 1.74. The maximum absolute atomic E-state index is 5.55. The molecule has 1 aromatic carbocycles. The van der Waals surface area contributed by atoms with Gasteiger partial charge in [-0.3, -0.25) is 0 Å². The smallest absolute Gasteiger partial charge is 0.127 e. The minimum absolute atomic E-state index is 0.320. The van der Waals surface area contributed by atoms with Crippen molar-refractivity contribution < 1.29 is 9.47 Å². The number of rotatable bonds is 3. The van der Waals surface area contributed by atoms with Crippen molar-refractivity contribution >= 4 is 0 Å². The third kappa shape index (κ3) is 1.55. The first-order valence-corrected chi connectivity index (χ1v) is 4.92. The third-order valence-corrected chi connectivity index (χ3v) is 2.43. The quantitative estimate of drug-likeness (QED) is 0.793. The van der Waals surface area contributed by atoms with Crippen LogP contribution in [0, 0.1) is 0 Å². The fourth-order valence-electron chi connectivity index (χ4n) is 1.69. The summed E-state index contributed by atoms with van der Waals surface area (Å²) in [6.45, 7) is 3.38. The van der Waals surface area contributed by atoms with Crippen molar-refractivity contribution in [1.29, 1.82) is 0 Å². The molecule has 0 radical (unpaired) electrons. The molecule has 3 heteroatoms. The Hall–Kier alpha value is -1.22. The highest BCUT2D eigenvalue weighted by molar-refractivity contribution is 5.44. The van der Waals surface area contributed by atoms with Crippen molar-refractivity contribution in [2.45, 2.75) is 13.0 Å². The molecule has 0 aliphatic carbocycles. The molecule has 0 fully saturated rings. The van der Waals surface area contributed by atoms with Gasteiger partial charge in [0.1, 0.15) is 18.1 Å². The summed E-state index contributed by atoms with van der Waals surface area (Å²) in [4.78, 5) is 0. The average Bonchev–Trinajstić information content (AvgIpc) is 2.60. The predicted molar refractivity (Wildman–Crippen MR) is 54.9 cm³/mol. The van der Waals surface area contributed by atoms with E-state index in [1.165, 1.54) is 5.56 Å². The molecule has 0 aromatic heterocycles. The molecule has 1 heterocycles. The molecule has 1 aliphatic rings. The van der Waals surface area contributed by atoms with E-state index in [1.54, 1.807) is 0 Å². The summed E-state index contributed by atoms with van der Waals surface area (Å²) < 4.78 is 10.9. The summed E-state index contributed by atoms with van der Waals surface area (Å²) in [5.74, 6) is 1.82. The van der Waals surface area contributed by atoms with Crippen LogP contribution >= 0.6 is 0 Å². The van der Waals surface area contributed by atoms with Crippen LogP contribution in [-0.4, -0.2) is 20.3 Å². The van der Waals surface area contributed by atoms with Crippen LogP contribution in [0.1, 0.15) is 18.5 Å². The van der Waals surface area contributed by atoms with Gasteiger partial charge in [0.05, 0.1) is 12.6 Å². The Morgan fingerprint density at radius 1 is 1.57 bits per heavy atom. The molecule has 2 rings (SSSR count). The van der Waals surface area contributed by atoms with Gasteiger partial charge in [0.25, 0.3) is 0 Å². The maximum atomic E-state index is 5.55. The Morgan fingerprint density at radius 3 is 3.14 bits per heavy atom. The number of hydrogen-bond acceptors (Lipinski definition) is 3. The molecule has 1 unspecified atom stereocenters. The van der Waals surface area contributed by atoms with Gasteiger partial charge in [0.15, 0.2) is 0 Å². The summed E-state index contributed by atoms with van der Waals surface area (Å²) in [6.07, 6.45) is 0. The first-order valence-electron chi connectivity index (χ1n) is 4.92. The van der Waals surface area contributed by atoms with Crippen LogP contribution in [0.5, 0.6) is 11.5 Å². The summed E-state index contributed by atoms with van der Waals surface area (Å²) in [7, 11) is 1.94. The molecule has 0 saturated heterocycles. The molecule has 0 amide bonds. The van der Waals surface area contributed by atoms with Crippen LogP contribution in [0.4, 0.5) is 0 Å². The van der Waals surface area contributed by atoms with Crippen LogP contribution in [0.2, 0.25) is 0 Å². The van der Waals surface area contributed by atoms with E-state index in [-0.39, 0.29) is 0 Å². The van der Waals surface area contributed by atoms with E-state index in [9.17, 15) is 0 Å². The van der Waals surface area contributed by atoms with Gasteiger partial charge in [-0.15, -0.1) is 0 Å². The van der Waals surface area contributed by atoms with Crippen molar-refractivity contribution in [1.82, 2.24) is 5.32 Å². The van der Waals surface area contributed by atoms with Gasteiger partial charge in [-0.05, 0) is 26.1 Å². The van der Waals surface area contributed by atoms with Gasteiger partial charge in [-0.2, -0.15) is 0 Å². The summed E-state index contributed by atoms with van der Waals surface area (Å²) >= 11 is 0. The Balaban J connectivity index is 2.25. The van der Waals surface area contributed by atoms with E-state index in [2.05, 4.69) is 11.4 Å². The highest BCUT2D eigenvalue weighted by atomic mass is 16.5. The topological polar surface area (TPSA) is 30.5 Å². The lowest BCUT2D eigenvalue weighted by Gasteiger charge is -2.07. The largest absolute Gasteiger partial charge is 0.494 e. The van der Waals surface area contributed by atoms with Crippen molar-refractivity contribution in [3.8, 4) is 11.5 Å². The lowest BCUT2D eigenvalue weighted by atomic mass is 10.1. The number of fused-ring (bicyclic) bond motifs is 1.